The van der Waals surface area contributed by atoms with Crippen LogP contribution >= 0.6 is 45.3 Å². The van der Waals surface area contributed by atoms with E-state index in [1.807, 2.05) is 24.6 Å². The van der Waals surface area contributed by atoms with Crippen LogP contribution in [0.25, 0.3) is 0 Å². The zero-order valence-corrected chi connectivity index (χ0v) is 23.0. The number of thiazole rings is 2. The number of amides is 2. The smallest absolute Gasteiger partial charge is 0.232 e. The van der Waals surface area contributed by atoms with Gasteiger partial charge in [-0.05, 0) is 33.1 Å². The first kappa shape index (κ1) is 25.0. The summed E-state index contributed by atoms with van der Waals surface area (Å²) in [6.07, 6.45) is 4.43. The highest BCUT2D eigenvalue weighted by Gasteiger charge is 2.29. The molecule has 1 saturated carbocycles. The summed E-state index contributed by atoms with van der Waals surface area (Å²) < 4.78 is 0. The fraction of sp³-hybridized carbons (Fsp3) is 0.455. The van der Waals surface area contributed by atoms with Crippen molar-refractivity contribution in [2.24, 2.45) is 0 Å². The summed E-state index contributed by atoms with van der Waals surface area (Å²) in [5.41, 5.74) is 1.53. The summed E-state index contributed by atoms with van der Waals surface area (Å²) in [6.45, 7) is 3.84. The van der Waals surface area contributed by atoms with Crippen molar-refractivity contribution in [2.45, 2.75) is 64.2 Å². The zero-order valence-electron chi connectivity index (χ0n) is 19.7. The van der Waals surface area contributed by atoms with Gasteiger partial charge in [0.15, 0.2) is 0 Å². The third kappa shape index (κ3) is 6.35. The Balaban J connectivity index is 1.15. The predicted octanol–water partition coefficient (Wildman–Crippen LogP) is 4.72. The van der Waals surface area contributed by atoms with Gasteiger partial charge in [-0.1, -0.05) is 29.1 Å². The molecular weight excluding hydrogens is 537 g/mol. The number of carbonyl (C=O) groups excluding carboxylic acids is 2. The second kappa shape index (κ2) is 11.2. The number of anilines is 2. The number of rotatable bonds is 8. The summed E-state index contributed by atoms with van der Waals surface area (Å²) in [7, 11) is 0. The van der Waals surface area contributed by atoms with Crippen LogP contribution in [0.1, 0.15) is 68.9 Å². The Morgan fingerprint density at radius 3 is 1.69 bits per heavy atom. The number of hydrogen-bond acceptors (Lipinski definition) is 12. The van der Waals surface area contributed by atoms with Gasteiger partial charge >= 0.3 is 0 Å². The highest BCUT2D eigenvalue weighted by Crippen LogP contribution is 2.43. The Kier molecular flexibility index (Phi) is 7.74. The molecule has 0 radical (unpaired) electrons. The number of carbonyl (C=O) groups is 2. The van der Waals surface area contributed by atoms with Crippen molar-refractivity contribution in [3.8, 4) is 0 Å². The number of nitrogens with one attached hydrogen (secondary N) is 2. The average molecular weight is 561 g/mol. The molecule has 14 heteroatoms. The Hall–Kier alpha value is -2.68. The van der Waals surface area contributed by atoms with E-state index in [4.69, 9.17) is 0 Å². The molecule has 0 bridgehead atoms. The van der Waals surface area contributed by atoms with Crippen LogP contribution in [0.15, 0.2) is 10.8 Å². The van der Waals surface area contributed by atoms with Crippen LogP contribution in [0.5, 0.6) is 0 Å². The second-order valence-corrected chi connectivity index (χ2v) is 12.8. The standard InChI is InChI=1S/C22H24N8O2S4/c1-11-23-15(9-33-11)7-17(31)25-21-29-27-19(35-21)13-4-3-5-14(6-13)20-28-30-22(36-20)26-18(32)8-16-10-34-12(2)24-16/h9-10,13-14H,3-8H2,1-2H3,(H,25,29,31)(H,26,30,32)/t13-,14-/m0/s1. The van der Waals surface area contributed by atoms with Crippen molar-refractivity contribution in [2.75, 3.05) is 10.6 Å². The van der Waals surface area contributed by atoms with Crippen molar-refractivity contribution in [3.63, 3.8) is 0 Å². The van der Waals surface area contributed by atoms with E-state index in [1.54, 1.807) is 0 Å². The Bertz CT molecular complexity index is 1260. The van der Waals surface area contributed by atoms with E-state index >= 15 is 0 Å². The van der Waals surface area contributed by atoms with Gasteiger partial charge in [0, 0.05) is 22.6 Å². The van der Waals surface area contributed by atoms with Gasteiger partial charge in [-0.2, -0.15) is 0 Å². The number of nitrogens with zero attached hydrogens (tertiary/aromatic N) is 6. The molecule has 36 heavy (non-hydrogen) atoms. The molecule has 0 saturated heterocycles. The lowest BCUT2D eigenvalue weighted by Gasteiger charge is -2.25. The minimum Gasteiger partial charge on any atom is -0.300 e. The first-order valence-electron chi connectivity index (χ1n) is 11.5. The summed E-state index contributed by atoms with van der Waals surface area (Å²) in [4.78, 5) is 33.4. The first-order valence-corrected chi connectivity index (χ1v) is 14.9. The molecule has 0 unspecified atom stereocenters. The molecule has 5 rings (SSSR count). The third-order valence-electron chi connectivity index (χ3n) is 5.76. The van der Waals surface area contributed by atoms with Gasteiger partial charge in [0.05, 0.1) is 34.2 Å². The van der Waals surface area contributed by atoms with Crippen LogP contribution in [0.3, 0.4) is 0 Å². The van der Waals surface area contributed by atoms with E-state index in [2.05, 4.69) is 41.0 Å². The minimum atomic E-state index is -0.141. The molecule has 2 atom stereocenters. The average Bonchev–Trinajstić information content (AvgIpc) is 3.64. The van der Waals surface area contributed by atoms with Gasteiger partial charge in [-0.3, -0.25) is 9.59 Å². The molecule has 0 spiro atoms. The fourth-order valence-corrected chi connectivity index (χ4v) is 7.21. The van der Waals surface area contributed by atoms with Crippen molar-refractivity contribution in [1.29, 1.82) is 0 Å². The van der Waals surface area contributed by atoms with Gasteiger partial charge in [0.2, 0.25) is 22.1 Å². The SMILES string of the molecule is Cc1nc(CC(=O)Nc2nnc([C@H]3CCC[C@H](c4nnc(NC(=O)Cc5csc(C)n5)s4)C3)s2)cs1. The molecule has 4 heterocycles. The summed E-state index contributed by atoms with van der Waals surface area (Å²) in [5.74, 6) is 0.224. The summed E-state index contributed by atoms with van der Waals surface area (Å²) >= 11 is 5.92. The molecule has 1 aliphatic rings. The number of hydrogen-bond donors (Lipinski definition) is 2. The van der Waals surface area contributed by atoms with E-state index in [0.29, 0.717) is 10.3 Å². The lowest BCUT2D eigenvalue weighted by atomic mass is 9.82. The monoisotopic (exact) mass is 560 g/mol. The molecular formula is C22H24N8O2S4. The van der Waals surface area contributed by atoms with Gasteiger partial charge in [0.25, 0.3) is 0 Å². The Labute approximate surface area is 223 Å². The molecule has 188 valence electrons. The predicted molar refractivity (Wildman–Crippen MR) is 142 cm³/mol. The molecule has 1 aliphatic carbocycles. The van der Waals surface area contributed by atoms with Crippen molar-refractivity contribution in [3.05, 3.63) is 42.2 Å². The minimum absolute atomic E-state index is 0.141. The Morgan fingerprint density at radius 2 is 1.28 bits per heavy atom. The van der Waals surface area contributed by atoms with E-state index in [9.17, 15) is 9.59 Å². The number of aryl methyl sites for hydroxylation is 2. The van der Waals surface area contributed by atoms with Crippen LogP contribution in [-0.4, -0.2) is 42.2 Å². The van der Waals surface area contributed by atoms with E-state index in [-0.39, 0.29) is 36.5 Å². The van der Waals surface area contributed by atoms with Crippen LogP contribution in [0, 0.1) is 13.8 Å². The van der Waals surface area contributed by atoms with Crippen molar-refractivity contribution >= 4 is 67.4 Å². The highest BCUT2D eigenvalue weighted by atomic mass is 32.1. The fourth-order valence-electron chi connectivity index (χ4n) is 4.17. The van der Waals surface area contributed by atoms with Gasteiger partial charge < -0.3 is 10.6 Å². The maximum atomic E-state index is 12.3. The quantitative estimate of drug-likeness (QED) is 0.316. The molecule has 4 aromatic rings. The van der Waals surface area contributed by atoms with Crippen LogP contribution in [0.4, 0.5) is 10.3 Å². The van der Waals surface area contributed by atoms with Gasteiger partial charge in [-0.25, -0.2) is 9.97 Å². The van der Waals surface area contributed by atoms with Crippen molar-refractivity contribution < 1.29 is 9.59 Å². The van der Waals surface area contributed by atoms with E-state index in [0.717, 1.165) is 57.1 Å². The third-order valence-corrected chi connectivity index (χ3v) is 9.41. The first-order chi connectivity index (χ1) is 17.4. The molecule has 10 nitrogen and oxygen atoms in total. The normalized spacial score (nSPS) is 17.7. The van der Waals surface area contributed by atoms with Crippen LogP contribution in [0.2, 0.25) is 0 Å². The largest absolute Gasteiger partial charge is 0.300 e. The Morgan fingerprint density at radius 1 is 0.806 bits per heavy atom. The topological polar surface area (TPSA) is 136 Å². The molecule has 0 aromatic carbocycles. The maximum Gasteiger partial charge on any atom is 0.232 e. The lowest BCUT2D eigenvalue weighted by molar-refractivity contribution is -0.116. The molecule has 2 amide bonds. The molecule has 2 N–H and O–H groups in total. The van der Waals surface area contributed by atoms with Crippen molar-refractivity contribution in [1.82, 2.24) is 30.4 Å². The lowest BCUT2D eigenvalue weighted by Crippen LogP contribution is -2.14. The summed E-state index contributed by atoms with van der Waals surface area (Å²) in [6, 6.07) is 0. The van der Waals surface area contributed by atoms with E-state index in [1.165, 1.54) is 45.3 Å². The molecule has 4 aromatic heterocycles. The maximum absolute atomic E-state index is 12.3. The van der Waals surface area contributed by atoms with Gasteiger partial charge in [-0.15, -0.1) is 43.1 Å². The zero-order chi connectivity index (χ0) is 25.1. The van der Waals surface area contributed by atoms with Crippen LogP contribution < -0.4 is 10.6 Å². The highest BCUT2D eigenvalue weighted by molar-refractivity contribution is 7.15. The molecule has 1 fully saturated rings. The second-order valence-electron chi connectivity index (χ2n) is 8.62. The van der Waals surface area contributed by atoms with E-state index < -0.39 is 0 Å². The van der Waals surface area contributed by atoms with Crippen LogP contribution in [-0.2, 0) is 22.4 Å². The molecule has 0 aliphatic heterocycles. The number of aromatic nitrogens is 6. The summed E-state index contributed by atoms with van der Waals surface area (Å²) in [5, 5.41) is 31.4. The van der Waals surface area contributed by atoms with Gasteiger partial charge in [0.1, 0.15) is 10.0 Å².